The number of para-hydroxylation sites is 1. The number of allylic oxidation sites excluding steroid dienone is 12. The minimum absolute atomic E-state index is 0.545. The molecule has 3 aromatic carbocycles. The van der Waals surface area contributed by atoms with Crippen LogP contribution in [0.1, 0.15) is 43.0 Å². The van der Waals surface area contributed by atoms with Crippen LogP contribution in [0.5, 0.6) is 0 Å². The molecule has 0 saturated carbocycles. The van der Waals surface area contributed by atoms with E-state index in [9.17, 15) is 0 Å². The van der Waals surface area contributed by atoms with Crippen molar-refractivity contribution in [2.24, 2.45) is 0 Å². The van der Waals surface area contributed by atoms with Gasteiger partial charge in [-0.1, -0.05) is 136 Å². The molecular formula is C40H39N. The van der Waals surface area contributed by atoms with Crippen LogP contribution in [0.3, 0.4) is 0 Å². The molecule has 0 saturated heterocycles. The Bertz CT molecular complexity index is 1640. The van der Waals surface area contributed by atoms with E-state index in [2.05, 4.69) is 143 Å². The number of anilines is 1. The predicted molar refractivity (Wildman–Crippen MR) is 181 cm³/mol. The first-order valence-corrected chi connectivity index (χ1v) is 13.9. The summed E-state index contributed by atoms with van der Waals surface area (Å²) >= 11 is 0. The van der Waals surface area contributed by atoms with Gasteiger partial charge in [-0.25, -0.2) is 0 Å². The third-order valence-electron chi connectivity index (χ3n) is 7.77. The molecule has 0 amide bonds. The zero-order valence-corrected chi connectivity index (χ0v) is 24.5. The fraction of sp³-hybridized carbons (Fsp3) is 0.100. The van der Waals surface area contributed by atoms with Crippen molar-refractivity contribution < 1.29 is 0 Å². The lowest BCUT2D eigenvalue weighted by atomic mass is 9.65. The van der Waals surface area contributed by atoms with Crippen molar-refractivity contribution in [1.82, 2.24) is 0 Å². The van der Waals surface area contributed by atoms with Crippen LogP contribution in [-0.2, 0) is 5.41 Å². The summed E-state index contributed by atoms with van der Waals surface area (Å²) in [6.45, 7) is 27.0. The van der Waals surface area contributed by atoms with E-state index >= 15 is 0 Å². The molecule has 0 spiro atoms. The first-order valence-electron chi connectivity index (χ1n) is 13.9. The van der Waals surface area contributed by atoms with Crippen molar-refractivity contribution in [3.05, 3.63) is 199 Å². The summed E-state index contributed by atoms with van der Waals surface area (Å²) in [6, 6.07) is 27.9. The molecule has 0 heterocycles. The molecule has 1 nitrogen and oxygen atoms in total. The fourth-order valence-corrected chi connectivity index (χ4v) is 6.09. The molecule has 1 heteroatoms. The number of hydrogen-bond donors (Lipinski definition) is 0. The van der Waals surface area contributed by atoms with Gasteiger partial charge in [0.15, 0.2) is 0 Å². The average Bonchev–Trinajstić information content (AvgIpc) is 3.24. The Morgan fingerprint density at radius 2 is 1.39 bits per heavy atom. The van der Waals surface area contributed by atoms with E-state index in [1.807, 2.05) is 31.2 Å². The van der Waals surface area contributed by atoms with Gasteiger partial charge in [-0.05, 0) is 78.0 Å². The van der Waals surface area contributed by atoms with Crippen molar-refractivity contribution in [3.8, 4) is 0 Å². The first kappa shape index (κ1) is 29.1. The Labute approximate surface area is 246 Å². The zero-order valence-electron chi connectivity index (χ0n) is 24.5. The van der Waals surface area contributed by atoms with E-state index in [1.165, 1.54) is 27.8 Å². The molecule has 41 heavy (non-hydrogen) atoms. The Kier molecular flexibility index (Phi) is 8.90. The van der Waals surface area contributed by atoms with Gasteiger partial charge in [-0.3, -0.25) is 0 Å². The summed E-state index contributed by atoms with van der Waals surface area (Å²) in [4.78, 5) is 2.13. The normalized spacial score (nSPS) is 17.1. The topological polar surface area (TPSA) is 3.24 Å². The molecule has 1 aliphatic carbocycles. The molecule has 0 aromatic heterocycles. The highest BCUT2D eigenvalue weighted by molar-refractivity contribution is 5.90. The maximum Gasteiger partial charge on any atom is 0.0710 e. The van der Waals surface area contributed by atoms with Crippen molar-refractivity contribution >= 4 is 16.8 Å². The van der Waals surface area contributed by atoms with Crippen LogP contribution in [0, 0.1) is 0 Å². The van der Waals surface area contributed by atoms with E-state index in [0.717, 1.165) is 33.8 Å². The number of fused-ring (bicyclic) bond motifs is 1. The van der Waals surface area contributed by atoms with Gasteiger partial charge in [0.05, 0.1) is 11.1 Å². The lowest BCUT2D eigenvalue weighted by Crippen LogP contribution is -2.30. The minimum atomic E-state index is -0.545. The van der Waals surface area contributed by atoms with Gasteiger partial charge < -0.3 is 4.90 Å². The van der Waals surface area contributed by atoms with Gasteiger partial charge >= 0.3 is 0 Å². The number of nitrogens with zero attached hydrogens (tertiary/aromatic N) is 1. The van der Waals surface area contributed by atoms with Crippen molar-refractivity contribution in [3.63, 3.8) is 0 Å². The summed E-state index contributed by atoms with van der Waals surface area (Å²) in [5.74, 6) is 0. The highest BCUT2D eigenvalue weighted by Crippen LogP contribution is 2.56. The summed E-state index contributed by atoms with van der Waals surface area (Å²) in [5, 5.41) is 0. The molecule has 1 atom stereocenters. The summed E-state index contributed by atoms with van der Waals surface area (Å²) < 4.78 is 0. The van der Waals surface area contributed by atoms with Crippen molar-refractivity contribution in [1.29, 1.82) is 0 Å². The maximum atomic E-state index is 4.29. The quantitative estimate of drug-likeness (QED) is 0.222. The number of hydrogen-bond acceptors (Lipinski definition) is 1. The maximum absolute atomic E-state index is 4.29. The Morgan fingerprint density at radius 1 is 0.756 bits per heavy atom. The molecule has 3 aromatic rings. The van der Waals surface area contributed by atoms with Gasteiger partial charge in [0.25, 0.3) is 0 Å². The summed E-state index contributed by atoms with van der Waals surface area (Å²) in [7, 11) is 0. The molecule has 204 valence electrons. The van der Waals surface area contributed by atoms with E-state index in [4.69, 9.17) is 0 Å². The molecular weight excluding hydrogens is 494 g/mol. The number of benzene rings is 3. The zero-order chi connectivity index (χ0) is 29.6. The smallest absolute Gasteiger partial charge is 0.0710 e. The lowest BCUT2D eigenvalue weighted by Gasteiger charge is -2.36. The van der Waals surface area contributed by atoms with Gasteiger partial charge in [-0.2, -0.15) is 0 Å². The number of rotatable bonds is 11. The van der Waals surface area contributed by atoms with Crippen LogP contribution in [0.25, 0.3) is 11.1 Å². The second-order valence-corrected chi connectivity index (χ2v) is 10.2. The molecule has 0 fully saturated rings. The Hall–Kier alpha value is -4.88. The summed E-state index contributed by atoms with van der Waals surface area (Å²) in [5.41, 5.74) is 11.8. The molecule has 1 unspecified atom stereocenters. The van der Waals surface area contributed by atoms with E-state index in [0.29, 0.717) is 0 Å². The van der Waals surface area contributed by atoms with Crippen LogP contribution in [-0.4, -0.2) is 0 Å². The minimum Gasteiger partial charge on any atom is -0.315 e. The van der Waals surface area contributed by atoms with Crippen LogP contribution in [0.4, 0.5) is 5.69 Å². The van der Waals surface area contributed by atoms with Crippen molar-refractivity contribution in [2.75, 3.05) is 4.90 Å². The standard InChI is InChI=1S/C40H39N/c1-9-20-32(11-3)40(33-22-14-13-15-23-33)37-26-18-16-25-36(37)31(8)38(40)28-30(7)35-24-17-19-27-39(35)41(29(5)6)34(12-4)21-10-2/h9-28H,1-5H2,6-8H3/b30-28+,32-20+,34-21+. The van der Waals surface area contributed by atoms with Gasteiger partial charge in [-0.15, -0.1) is 0 Å². The molecule has 0 bridgehead atoms. The molecule has 1 aliphatic rings. The third-order valence-corrected chi connectivity index (χ3v) is 7.77. The molecule has 0 N–H and O–H groups in total. The lowest BCUT2D eigenvalue weighted by molar-refractivity contribution is 0.760. The van der Waals surface area contributed by atoms with Crippen LogP contribution in [0.2, 0.25) is 0 Å². The fourth-order valence-electron chi connectivity index (χ4n) is 6.09. The Balaban J connectivity index is 2.06. The Morgan fingerprint density at radius 3 is 2.02 bits per heavy atom. The first-order chi connectivity index (χ1) is 19.9. The average molecular weight is 534 g/mol. The van der Waals surface area contributed by atoms with Crippen LogP contribution in [0.15, 0.2) is 177 Å². The highest BCUT2D eigenvalue weighted by atomic mass is 15.1. The van der Waals surface area contributed by atoms with E-state index in [-0.39, 0.29) is 0 Å². The van der Waals surface area contributed by atoms with Crippen LogP contribution < -0.4 is 4.90 Å². The van der Waals surface area contributed by atoms with Gasteiger partial charge in [0.1, 0.15) is 0 Å². The second kappa shape index (κ2) is 12.5. The SMILES string of the molecule is C=C/C=C(\C=C)N(C(=C)C)c1ccccc1/C(C)=C/C1=C(C)c2ccccc2C1(/C(C=C)=C/C=C)c1ccccc1. The molecule has 0 aliphatic heterocycles. The van der Waals surface area contributed by atoms with Gasteiger partial charge in [0, 0.05) is 17.0 Å². The molecule has 4 rings (SSSR count). The summed E-state index contributed by atoms with van der Waals surface area (Å²) in [6.07, 6.45) is 13.8. The van der Waals surface area contributed by atoms with E-state index < -0.39 is 5.41 Å². The van der Waals surface area contributed by atoms with Gasteiger partial charge in [0.2, 0.25) is 0 Å². The molecule has 0 radical (unpaired) electrons. The van der Waals surface area contributed by atoms with Crippen LogP contribution >= 0.6 is 0 Å². The third kappa shape index (κ3) is 5.08. The second-order valence-electron chi connectivity index (χ2n) is 10.2. The van der Waals surface area contributed by atoms with E-state index in [1.54, 1.807) is 6.08 Å². The largest absolute Gasteiger partial charge is 0.315 e. The monoisotopic (exact) mass is 533 g/mol. The van der Waals surface area contributed by atoms with Crippen molar-refractivity contribution in [2.45, 2.75) is 26.2 Å². The highest BCUT2D eigenvalue weighted by Gasteiger charge is 2.46. The predicted octanol–water partition coefficient (Wildman–Crippen LogP) is 10.8.